The quantitative estimate of drug-likeness (QED) is 0.685. The average molecular weight is 395 g/mol. The minimum atomic E-state index is -0.391. The lowest BCUT2D eigenvalue weighted by Gasteiger charge is -2.20. The summed E-state index contributed by atoms with van der Waals surface area (Å²) in [5.74, 6) is 0.0659. The Morgan fingerprint density at radius 1 is 1.12 bits per heavy atom. The highest BCUT2D eigenvalue weighted by Gasteiger charge is 2.15. The maximum Gasteiger partial charge on any atom is 0.325 e. The lowest BCUT2D eigenvalue weighted by atomic mass is 10.2. The fourth-order valence-corrected chi connectivity index (χ4v) is 3.24. The van der Waals surface area contributed by atoms with Crippen LogP contribution in [0.25, 0.3) is 0 Å². The molecule has 0 aliphatic rings. The van der Waals surface area contributed by atoms with Gasteiger partial charge in [0.2, 0.25) is 5.91 Å². The van der Waals surface area contributed by atoms with Gasteiger partial charge < -0.3 is 10.2 Å². The van der Waals surface area contributed by atoms with Gasteiger partial charge >= 0.3 is 6.03 Å². The Bertz CT molecular complexity index is 727. The average Bonchev–Trinajstić information content (AvgIpc) is 3.03. The first-order valence-corrected chi connectivity index (χ1v) is 9.83. The molecule has 0 atom stereocenters. The van der Waals surface area contributed by atoms with Crippen LogP contribution in [-0.4, -0.2) is 34.9 Å². The second-order valence-electron chi connectivity index (χ2n) is 5.79. The van der Waals surface area contributed by atoms with Crippen LogP contribution in [0.4, 0.5) is 15.6 Å². The van der Waals surface area contributed by atoms with Crippen molar-refractivity contribution in [3.05, 3.63) is 40.4 Å². The third-order valence-corrected chi connectivity index (χ3v) is 4.60. The molecule has 0 radical (unpaired) electrons. The zero-order valence-corrected chi connectivity index (χ0v) is 16.5. The molecular weight excluding hydrogens is 372 g/mol. The number of urea groups is 1. The molecule has 140 valence electrons. The van der Waals surface area contributed by atoms with Crippen LogP contribution in [0.5, 0.6) is 0 Å². The van der Waals surface area contributed by atoms with Gasteiger partial charge in [-0.25, -0.2) is 9.78 Å². The molecule has 1 heterocycles. The molecule has 0 bridgehead atoms. The first-order chi connectivity index (χ1) is 12.5. The van der Waals surface area contributed by atoms with Crippen LogP contribution in [-0.2, 0) is 11.2 Å². The Hall–Kier alpha value is -2.12. The Morgan fingerprint density at radius 2 is 1.77 bits per heavy atom. The summed E-state index contributed by atoms with van der Waals surface area (Å²) in [4.78, 5) is 30.6. The maximum absolute atomic E-state index is 12.4. The molecule has 0 aliphatic carbocycles. The van der Waals surface area contributed by atoms with Crippen molar-refractivity contribution in [2.45, 2.75) is 33.1 Å². The number of thiazole rings is 1. The van der Waals surface area contributed by atoms with Crippen molar-refractivity contribution in [3.8, 4) is 0 Å². The van der Waals surface area contributed by atoms with Crippen LogP contribution in [0.1, 0.15) is 32.4 Å². The summed E-state index contributed by atoms with van der Waals surface area (Å²) in [5, 5.41) is 8.23. The number of nitrogens with one attached hydrogen (secondary N) is 2. The second-order valence-corrected chi connectivity index (χ2v) is 7.08. The smallest absolute Gasteiger partial charge is 0.325 e. The zero-order chi connectivity index (χ0) is 18.9. The van der Waals surface area contributed by atoms with Gasteiger partial charge in [-0.2, -0.15) is 0 Å². The van der Waals surface area contributed by atoms with Crippen LogP contribution < -0.4 is 10.6 Å². The number of benzene rings is 1. The molecule has 2 N–H and O–H groups in total. The summed E-state index contributed by atoms with van der Waals surface area (Å²) < 4.78 is 0. The SMILES string of the molecule is CCCN(CCC)C(=O)Cc1csc(NC(=O)Nc2ccc(Cl)cc2)n1. The number of aromatic nitrogens is 1. The molecule has 0 unspecified atom stereocenters. The lowest BCUT2D eigenvalue weighted by Crippen LogP contribution is -2.33. The molecule has 0 aliphatic heterocycles. The number of carbonyl (C=O) groups is 2. The topological polar surface area (TPSA) is 74.3 Å². The molecule has 6 nitrogen and oxygen atoms in total. The summed E-state index contributed by atoms with van der Waals surface area (Å²) >= 11 is 7.11. The van der Waals surface area contributed by atoms with E-state index in [1.807, 2.05) is 4.90 Å². The maximum atomic E-state index is 12.4. The van der Waals surface area contributed by atoms with Crippen molar-refractivity contribution in [2.75, 3.05) is 23.7 Å². The highest BCUT2D eigenvalue weighted by molar-refractivity contribution is 7.14. The number of rotatable bonds is 8. The number of nitrogens with zero attached hydrogens (tertiary/aromatic N) is 2. The molecular formula is C18H23ClN4O2S. The monoisotopic (exact) mass is 394 g/mol. The number of anilines is 2. The molecule has 2 aromatic rings. The van der Waals surface area contributed by atoms with Crippen molar-refractivity contribution < 1.29 is 9.59 Å². The summed E-state index contributed by atoms with van der Waals surface area (Å²) in [5.41, 5.74) is 1.30. The minimum absolute atomic E-state index is 0.0659. The van der Waals surface area contributed by atoms with Gasteiger partial charge in [-0.1, -0.05) is 25.4 Å². The first-order valence-electron chi connectivity index (χ1n) is 8.57. The molecule has 0 spiro atoms. The van der Waals surface area contributed by atoms with E-state index in [2.05, 4.69) is 29.5 Å². The van der Waals surface area contributed by atoms with Gasteiger partial charge in [0.15, 0.2) is 5.13 Å². The Kier molecular flexibility index (Phi) is 7.87. The molecule has 3 amide bonds. The second kappa shape index (κ2) is 10.1. The first kappa shape index (κ1) is 20.2. The predicted octanol–water partition coefficient (Wildman–Crippen LogP) is 4.63. The Labute approximate surface area is 162 Å². The third-order valence-electron chi connectivity index (χ3n) is 3.55. The fourth-order valence-electron chi connectivity index (χ4n) is 2.41. The van der Waals surface area contributed by atoms with Gasteiger partial charge in [-0.15, -0.1) is 11.3 Å². The van der Waals surface area contributed by atoms with E-state index in [1.165, 1.54) is 11.3 Å². The molecule has 0 fully saturated rings. The van der Waals surface area contributed by atoms with Gasteiger partial charge in [-0.05, 0) is 37.1 Å². The van der Waals surface area contributed by atoms with Gasteiger partial charge in [0, 0.05) is 29.2 Å². The van der Waals surface area contributed by atoms with E-state index in [0.29, 0.717) is 21.5 Å². The van der Waals surface area contributed by atoms with E-state index < -0.39 is 6.03 Å². The van der Waals surface area contributed by atoms with Crippen LogP contribution in [0.2, 0.25) is 5.02 Å². The van der Waals surface area contributed by atoms with Crippen molar-refractivity contribution in [2.24, 2.45) is 0 Å². The van der Waals surface area contributed by atoms with E-state index in [0.717, 1.165) is 25.9 Å². The fraction of sp³-hybridized carbons (Fsp3) is 0.389. The standard InChI is InChI=1S/C18H23ClN4O2S/c1-3-9-23(10-4-2)16(24)11-15-12-26-18(21-15)22-17(25)20-14-7-5-13(19)6-8-14/h5-8,12H,3-4,9-11H2,1-2H3,(H2,20,21,22,25). The molecule has 1 aromatic carbocycles. The summed E-state index contributed by atoms with van der Waals surface area (Å²) in [6, 6.07) is 6.43. The van der Waals surface area contributed by atoms with Crippen molar-refractivity contribution in [1.29, 1.82) is 0 Å². The van der Waals surface area contributed by atoms with E-state index in [9.17, 15) is 9.59 Å². The molecule has 2 rings (SSSR count). The Balaban J connectivity index is 1.89. The normalized spacial score (nSPS) is 10.4. The molecule has 8 heteroatoms. The summed E-state index contributed by atoms with van der Waals surface area (Å²) in [7, 11) is 0. The third kappa shape index (κ3) is 6.31. The number of halogens is 1. The van der Waals surface area contributed by atoms with E-state index in [-0.39, 0.29) is 12.3 Å². The number of hydrogen-bond donors (Lipinski definition) is 2. The highest BCUT2D eigenvalue weighted by atomic mass is 35.5. The number of hydrogen-bond acceptors (Lipinski definition) is 4. The van der Waals surface area contributed by atoms with E-state index in [4.69, 9.17) is 11.6 Å². The Morgan fingerprint density at radius 3 is 2.38 bits per heavy atom. The van der Waals surface area contributed by atoms with Gasteiger partial charge in [0.05, 0.1) is 12.1 Å². The van der Waals surface area contributed by atoms with Gasteiger partial charge in [-0.3, -0.25) is 10.1 Å². The zero-order valence-electron chi connectivity index (χ0n) is 14.9. The molecule has 1 aromatic heterocycles. The number of carbonyl (C=O) groups excluding carboxylic acids is 2. The van der Waals surface area contributed by atoms with Crippen molar-refractivity contribution >= 4 is 45.7 Å². The predicted molar refractivity (Wildman–Crippen MR) is 107 cm³/mol. The van der Waals surface area contributed by atoms with Gasteiger partial charge in [0.25, 0.3) is 0 Å². The van der Waals surface area contributed by atoms with Crippen LogP contribution in [0.3, 0.4) is 0 Å². The molecule has 0 saturated carbocycles. The lowest BCUT2D eigenvalue weighted by molar-refractivity contribution is -0.130. The summed E-state index contributed by atoms with van der Waals surface area (Å²) in [6.45, 7) is 5.62. The van der Waals surface area contributed by atoms with E-state index >= 15 is 0 Å². The summed E-state index contributed by atoms with van der Waals surface area (Å²) in [6.07, 6.45) is 2.11. The van der Waals surface area contributed by atoms with E-state index in [1.54, 1.807) is 29.6 Å². The molecule has 0 saturated heterocycles. The van der Waals surface area contributed by atoms with Crippen LogP contribution in [0, 0.1) is 0 Å². The highest BCUT2D eigenvalue weighted by Crippen LogP contribution is 2.18. The van der Waals surface area contributed by atoms with Crippen LogP contribution in [0.15, 0.2) is 29.6 Å². The van der Waals surface area contributed by atoms with Crippen molar-refractivity contribution in [3.63, 3.8) is 0 Å². The largest absolute Gasteiger partial charge is 0.342 e. The molecule has 26 heavy (non-hydrogen) atoms. The number of amides is 3. The van der Waals surface area contributed by atoms with Gasteiger partial charge in [0.1, 0.15) is 0 Å². The minimum Gasteiger partial charge on any atom is -0.342 e. The van der Waals surface area contributed by atoms with Crippen molar-refractivity contribution in [1.82, 2.24) is 9.88 Å². The van der Waals surface area contributed by atoms with Crippen LogP contribution >= 0.6 is 22.9 Å².